The van der Waals surface area contributed by atoms with E-state index in [0.29, 0.717) is 34.4 Å². The summed E-state index contributed by atoms with van der Waals surface area (Å²) < 4.78 is 11.5. The van der Waals surface area contributed by atoms with Crippen molar-refractivity contribution in [2.45, 2.75) is 46.0 Å². The first kappa shape index (κ1) is 21.8. The van der Waals surface area contributed by atoms with Gasteiger partial charge in [-0.05, 0) is 77.7 Å². The second-order valence-corrected chi connectivity index (χ2v) is 9.50. The van der Waals surface area contributed by atoms with Crippen molar-refractivity contribution in [3.63, 3.8) is 0 Å². The standard InChI is InChI=1S/C22H26BrNO4S/c1-13(2)10-11-28-17-9-8-14(12-16(17)23)20(25)24-21-19(22(26)27-3)15-6-4-5-7-18(15)29-21/h8-9,12-13H,4-7,10-11H2,1-3H3,(H,24,25). The van der Waals surface area contributed by atoms with Crippen LogP contribution in [0.1, 0.15) is 64.3 Å². The molecule has 1 N–H and O–H groups in total. The molecular weight excluding hydrogens is 454 g/mol. The number of benzene rings is 1. The molecule has 1 aliphatic rings. The Kier molecular flexibility index (Phi) is 7.35. The monoisotopic (exact) mass is 479 g/mol. The number of fused-ring (bicyclic) bond motifs is 1. The molecule has 0 aliphatic heterocycles. The summed E-state index contributed by atoms with van der Waals surface area (Å²) in [5, 5.41) is 3.49. The molecule has 7 heteroatoms. The van der Waals surface area contributed by atoms with Gasteiger partial charge in [0.25, 0.3) is 5.91 Å². The lowest BCUT2D eigenvalue weighted by Gasteiger charge is -2.12. The summed E-state index contributed by atoms with van der Waals surface area (Å²) >= 11 is 4.97. The van der Waals surface area contributed by atoms with E-state index in [1.807, 2.05) is 0 Å². The minimum atomic E-state index is -0.394. The average molecular weight is 480 g/mol. The molecule has 5 nitrogen and oxygen atoms in total. The first-order valence-electron chi connectivity index (χ1n) is 9.87. The summed E-state index contributed by atoms with van der Waals surface area (Å²) in [6.45, 7) is 4.93. The maximum atomic E-state index is 12.8. The number of ether oxygens (including phenoxy) is 2. The molecule has 0 saturated heterocycles. The Morgan fingerprint density at radius 3 is 2.69 bits per heavy atom. The molecule has 2 aromatic rings. The van der Waals surface area contributed by atoms with Gasteiger partial charge in [0, 0.05) is 10.4 Å². The number of halogens is 1. The smallest absolute Gasteiger partial charge is 0.341 e. The van der Waals surface area contributed by atoms with Gasteiger partial charge >= 0.3 is 5.97 Å². The number of esters is 1. The van der Waals surface area contributed by atoms with Crippen LogP contribution in [-0.2, 0) is 17.6 Å². The van der Waals surface area contributed by atoms with Gasteiger partial charge in [0.15, 0.2) is 0 Å². The van der Waals surface area contributed by atoms with Crippen molar-refractivity contribution in [2.24, 2.45) is 5.92 Å². The predicted molar refractivity (Wildman–Crippen MR) is 119 cm³/mol. The number of carbonyl (C=O) groups excluding carboxylic acids is 2. The van der Waals surface area contributed by atoms with E-state index in [-0.39, 0.29) is 5.91 Å². The molecule has 1 heterocycles. The van der Waals surface area contributed by atoms with Crippen LogP contribution in [0.25, 0.3) is 0 Å². The quantitative estimate of drug-likeness (QED) is 0.505. The van der Waals surface area contributed by atoms with Crippen LogP contribution in [0.15, 0.2) is 22.7 Å². The second kappa shape index (κ2) is 9.76. The zero-order valence-corrected chi connectivity index (χ0v) is 19.4. The van der Waals surface area contributed by atoms with Crippen molar-refractivity contribution in [1.82, 2.24) is 0 Å². The van der Waals surface area contributed by atoms with E-state index in [1.165, 1.54) is 23.3 Å². The van der Waals surface area contributed by atoms with Gasteiger partial charge in [0.05, 0.1) is 23.8 Å². The highest BCUT2D eigenvalue weighted by Gasteiger charge is 2.27. The maximum Gasteiger partial charge on any atom is 0.341 e. The van der Waals surface area contributed by atoms with Crippen LogP contribution in [0.4, 0.5) is 5.00 Å². The number of hydrogen-bond donors (Lipinski definition) is 1. The zero-order chi connectivity index (χ0) is 21.0. The molecular formula is C22H26BrNO4S. The van der Waals surface area contributed by atoms with Crippen LogP contribution in [0, 0.1) is 5.92 Å². The van der Waals surface area contributed by atoms with Gasteiger partial charge < -0.3 is 14.8 Å². The van der Waals surface area contributed by atoms with Crippen molar-refractivity contribution in [2.75, 3.05) is 19.0 Å². The third-order valence-electron chi connectivity index (χ3n) is 4.93. The van der Waals surface area contributed by atoms with E-state index in [0.717, 1.165) is 42.1 Å². The molecule has 0 fully saturated rings. The van der Waals surface area contributed by atoms with Gasteiger partial charge in [-0.2, -0.15) is 0 Å². The maximum absolute atomic E-state index is 12.8. The molecule has 1 aromatic heterocycles. The van der Waals surface area contributed by atoms with E-state index in [4.69, 9.17) is 9.47 Å². The number of methoxy groups -OCH3 is 1. The van der Waals surface area contributed by atoms with Crippen LogP contribution in [0.2, 0.25) is 0 Å². The minimum absolute atomic E-state index is 0.261. The van der Waals surface area contributed by atoms with Crippen LogP contribution in [0.3, 0.4) is 0 Å². The third kappa shape index (κ3) is 5.20. The fourth-order valence-electron chi connectivity index (χ4n) is 3.31. The summed E-state index contributed by atoms with van der Waals surface area (Å²) in [4.78, 5) is 26.3. The fraction of sp³-hybridized carbons (Fsp3) is 0.455. The first-order valence-corrected chi connectivity index (χ1v) is 11.5. The van der Waals surface area contributed by atoms with E-state index >= 15 is 0 Å². The van der Waals surface area contributed by atoms with Gasteiger partial charge in [-0.25, -0.2) is 4.79 Å². The summed E-state index contributed by atoms with van der Waals surface area (Å²) in [5.74, 6) is 0.626. The van der Waals surface area contributed by atoms with Crippen LogP contribution in [0.5, 0.6) is 5.75 Å². The number of thiophene rings is 1. The molecule has 1 aromatic carbocycles. The molecule has 1 amide bonds. The molecule has 0 bridgehead atoms. The van der Waals surface area contributed by atoms with E-state index < -0.39 is 5.97 Å². The Morgan fingerprint density at radius 1 is 1.24 bits per heavy atom. The highest BCUT2D eigenvalue weighted by Crippen LogP contribution is 2.39. The largest absolute Gasteiger partial charge is 0.492 e. The topological polar surface area (TPSA) is 64.6 Å². The lowest BCUT2D eigenvalue weighted by molar-refractivity contribution is 0.0601. The Hall–Kier alpha value is -1.86. The number of aryl methyl sites for hydroxylation is 1. The van der Waals surface area contributed by atoms with Crippen molar-refractivity contribution >= 4 is 44.1 Å². The van der Waals surface area contributed by atoms with E-state index in [1.54, 1.807) is 18.2 Å². The van der Waals surface area contributed by atoms with E-state index in [2.05, 4.69) is 35.1 Å². The number of carbonyl (C=O) groups is 2. The van der Waals surface area contributed by atoms with Gasteiger partial charge in [0.2, 0.25) is 0 Å². The van der Waals surface area contributed by atoms with Crippen LogP contribution >= 0.6 is 27.3 Å². The van der Waals surface area contributed by atoms with Crippen LogP contribution < -0.4 is 10.1 Å². The van der Waals surface area contributed by atoms with Gasteiger partial charge in [-0.15, -0.1) is 11.3 Å². The molecule has 156 valence electrons. The Labute approximate surface area is 183 Å². The normalized spacial score (nSPS) is 13.1. The van der Waals surface area contributed by atoms with Crippen LogP contribution in [-0.4, -0.2) is 25.6 Å². The molecule has 3 rings (SSSR count). The molecule has 0 unspecified atom stereocenters. The summed E-state index contributed by atoms with van der Waals surface area (Å²) in [6, 6.07) is 5.27. The predicted octanol–water partition coefficient (Wildman–Crippen LogP) is 5.85. The van der Waals surface area contributed by atoms with Gasteiger partial charge in [-0.1, -0.05) is 13.8 Å². The minimum Gasteiger partial charge on any atom is -0.492 e. The average Bonchev–Trinajstić information content (AvgIpc) is 3.06. The molecule has 0 radical (unpaired) electrons. The third-order valence-corrected chi connectivity index (χ3v) is 6.76. The Bertz CT molecular complexity index is 906. The highest BCUT2D eigenvalue weighted by molar-refractivity contribution is 9.10. The molecule has 0 atom stereocenters. The van der Waals surface area contributed by atoms with Gasteiger partial charge in [-0.3, -0.25) is 4.79 Å². The van der Waals surface area contributed by atoms with Crippen molar-refractivity contribution in [3.05, 3.63) is 44.2 Å². The Morgan fingerprint density at radius 2 is 2.00 bits per heavy atom. The number of amides is 1. The molecule has 1 aliphatic carbocycles. The van der Waals surface area contributed by atoms with Gasteiger partial charge in [0.1, 0.15) is 10.8 Å². The summed E-state index contributed by atoms with van der Waals surface area (Å²) in [7, 11) is 1.37. The Balaban J connectivity index is 1.77. The number of rotatable bonds is 7. The zero-order valence-electron chi connectivity index (χ0n) is 17.0. The summed E-state index contributed by atoms with van der Waals surface area (Å²) in [6.07, 6.45) is 4.90. The lowest BCUT2D eigenvalue weighted by Crippen LogP contribution is -2.15. The number of nitrogens with one attached hydrogen (secondary N) is 1. The fourth-order valence-corrected chi connectivity index (χ4v) is 5.08. The summed E-state index contributed by atoms with van der Waals surface area (Å²) in [5.41, 5.74) is 2.03. The highest BCUT2D eigenvalue weighted by atomic mass is 79.9. The SMILES string of the molecule is COC(=O)c1c(NC(=O)c2ccc(OCCC(C)C)c(Br)c2)sc2c1CCCC2. The number of hydrogen-bond acceptors (Lipinski definition) is 5. The van der Waals surface area contributed by atoms with E-state index in [9.17, 15) is 9.59 Å². The molecule has 0 saturated carbocycles. The number of anilines is 1. The van der Waals surface area contributed by atoms with Crippen molar-refractivity contribution in [3.8, 4) is 5.75 Å². The first-order chi connectivity index (χ1) is 13.9. The molecule has 29 heavy (non-hydrogen) atoms. The van der Waals surface area contributed by atoms with Crippen molar-refractivity contribution in [1.29, 1.82) is 0 Å². The van der Waals surface area contributed by atoms with Crippen molar-refractivity contribution < 1.29 is 19.1 Å². The lowest BCUT2D eigenvalue weighted by atomic mass is 9.95. The molecule has 0 spiro atoms. The second-order valence-electron chi connectivity index (χ2n) is 7.54.